The van der Waals surface area contributed by atoms with Crippen LogP contribution in [0.1, 0.15) is 97.1 Å². The van der Waals surface area contributed by atoms with Gasteiger partial charge in [-0.05, 0) is 32.6 Å². The average Bonchev–Trinajstić information content (AvgIpc) is 3.57. The average molecular weight is 985 g/mol. The van der Waals surface area contributed by atoms with Gasteiger partial charge in [0, 0.05) is 44.5 Å². The minimum Gasteiger partial charge on any atom is -0.456 e. The molecule has 4 heterocycles. The first-order valence-corrected chi connectivity index (χ1v) is 23.8. The summed E-state index contributed by atoms with van der Waals surface area (Å²) in [6, 6.07) is -0.0699. The Balaban J connectivity index is 1.49. The third-order valence-corrected chi connectivity index (χ3v) is 11.4. The van der Waals surface area contributed by atoms with E-state index in [9.17, 15) is 38.7 Å². The van der Waals surface area contributed by atoms with Gasteiger partial charge in [0.2, 0.25) is 18.1 Å². The molecule has 1 aromatic heterocycles. The second kappa shape index (κ2) is 30.7. The molecule has 69 heavy (non-hydrogen) atoms. The molecule has 0 spiro atoms. The number of aromatic amines is 1. The number of carbonyl (C=O) groups excluding carboxylic acids is 5. The number of aromatic nitrogens is 2. The first-order chi connectivity index (χ1) is 33.3. The van der Waals surface area contributed by atoms with E-state index in [0.29, 0.717) is 65.3 Å². The maximum atomic E-state index is 13.8. The van der Waals surface area contributed by atoms with Crippen molar-refractivity contribution in [1.82, 2.24) is 20.2 Å². The molecule has 3 amide bonds. The molecule has 0 aliphatic carbocycles. The van der Waals surface area contributed by atoms with E-state index in [4.69, 9.17) is 58.8 Å². The lowest BCUT2D eigenvalue weighted by Gasteiger charge is -2.36. The fourth-order valence-corrected chi connectivity index (χ4v) is 7.77. The number of esters is 2. The van der Waals surface area contributed by atoms with Crippen molar-refractivity contribution in [3.63, 3.8) is 0 Å². The Kier molecular flexibility index (Phi) is 25.3. The number of primary amides is 1. The molecule has 0 bridgehead atoms. The molecule has 0 radical (unpaired) electrons. The van der Waals surface area contributed by atoms with Crippen molar-refractivity contribution in [3.8, 4) is 0 Å². The number of hydrogen-bond acceptors (Lipinski definition) is 19. The number of H-pyrrole nitrogens is 1. The van der Waals surface area contributed by atoms with Gasteiger partial charge in [-0.3, -0.25) is 38.3 Å². The van der Waals surface area contributed by atoms with Crippen molar-refractivity contribution in [2.75, 3.05) is 66.5 Å². The van der Waals surface area contributed by atoms with Gasteiger partial charge in [-0.2, -0.15) is 0 Å². The second-order valence-electron chi connectivity index (χ2n) is 16.8. The number of ether oxygens (including phenoxy) is 10. The van der Waals surface area contributed by atoms with Crippen molar-refractivity contribution >= 4 is 29.7 Å². The molecule has 10 atom stereocenters. The number of unbranched alkanes of at least 4 members (excludes halogenated alkanes) is 6. The summed E-state index contributed by atoms with van der Waals surface area (Å²) in [5.41, 5.74) is 9.60. The Bertz CT molecular complexity index is 1910. The van der Waals surface area contributed by atoms with E-state index in [-0.39, 0.29) is 38.7 Å². The van der Waals surface area contributed by atoms with E-state index in [2.05, 4.69) is 22.5 Å². The highest BCUT2D eigenvalue weighted by Crippen LogP contribution is 2.37. The summed E-state index contributed by atoms with van der Waals surface area (Å²) >= 11 is 0. The fourth-order valence-electron chi connectivity index (χ4n) is 7.77. The summed E-state index contributed by atoms with van der Waals surface area (Å²) in [4.78, 5) is 93.7. The molecule has 390 valence electrons. The zero-order chi connectivity index (χ0) is 50.1. The molecule has 3 aliphatic heterocycles. The quantitative estimate of drug-likeness (QED) is 0.0390. The number of methoxy groups -OCH3 is 1. The summed E-state index contributed by atoms with van der Waals surface area (Å²) in [5, 5.41) is 17.0. The molecule has 3 aliphatic rings. The number of aliphatic hydroxyl groups is 1. The highest BCUT2D eigenvalue weighted by atomic mass is 16.7. The van der Waals surface area contributed by atoms with Gasteiger partial charge in [0.25, 0.3) is 11.5 Å². The number of nitrogens with two attached hydrogens (primary N) is 2. The number of rotatable bonds is 32. The highest BCUT2D eigenvalue weighted by Gasteiger charge is 2.55. The SMILES string of the molecule is CCCCCCCCCC(=O)O[C@@H]1[C@H](OC)[C@@H]([C@@H](OC2OC(C(=O)N[C@H]3CCC[C@@H](C)NC3=O)=C[C@H](OC(=O)CCOCCOCCOCCOCCN)[C@@H]2O)C(N)=O)O[C@H]1n1ccc(=O)[nH]c1=O. The summed E-state index contributed by atoms with van der Waals surface area (Å²) in [5.74, 6) is -4.64. The van der Waals surface area contributed by atoms with E-state index < -0.39 is 102 Å². The summed E-state index contributed by atoms with van der Waals surface area (Å²) in [6.45, 7) is 6.53. The maximum Gasteiger partial charge on any atom is 0.330 e. The van der Waals surface area contributed by atoms with Crippen LogP contribution in [-0.2, 0) is 71.3 Å². The van der Waals surface area contributed by atoms with Crippen LogP contribution in [0.15, 0.2) is 33.7 Å². The topological polar surface area (TPSA) is 329 Å². The van der Waals surface area contributed by atoms with Gasteiger partial charge in [0.15, 0.2) is 36.4 Å². The Morgan fingerprint density at radius 2 is 1.51 bits per heavy atom. The maximum absolute atomic E-state index is 13.8. The summed E-state index contributed by atoms with van der Waals surface area (Å²) in [7, 11) is 1.22. The predicted octanol–water partition coefficient (Wildman–Crippen LogP) is -0.526. The number of nitrogens with one attached hydrogen (secondary N) is 3. The molecule has 24 nitrogen and oxygen atoms in total. The van der Waals surface area contributed by atoms with Crippen molar-refractivity contribution < 1.29 is 76.4 Å². The number of hydrogen-bond donors (Lipinski definition) is 6. The van der Waals surface area contributed by atoms with Gasteiger partial charge in [0.1, 0.15) is 18.2 Å². The zero-order valence-electron chi connectivity index (χ0n) is 39.8. The lowest BCUT2D eigenvalue weighted by atomic mass is 10.0. The molecular weight excluding hydrogens is 913 g/mol. The molecule has 2 saturated heterocycles. The monoisotopic (exact) mass is 984 g/mol. The molecule has 2 fully saturated rings. The minimum absolute atomic E-state index is 0.0131. The van der Waals surface area contributed by atoms with Crippen LogP contribution in [-0.4, -0.2) is 166 Å². The van der Waals surface area contributed by atoms with E-state index in [1.165, 1.54) is 7.11 Å². The Labute approximate surface area is 400 Å². The summed E-state index contributed by atoms with van der Waals surface area (Å²) in [6.07, 6.45) is -3.41. The second-order valence-corrected chi connectivity index (χ2v) is 16.8. The molecule has 0 aromatic carbocycles. The van der Waals surface area contributed by atoms with Gasteiger partial charge in [0.05, 0.1) is 59.3 Å². The Morgan fingerprint density at radius 3 is 2.14 bits per heavy atom. The van der Waals surface area contributed by atoms with Crippen LogP contribution in [0.2, 0.25) is 0 Å². The first kappa shape index (κ1) is 56.8. The Morgan fingerprint density at radius 1 is 0.870 bits per heavy atom. The van der Waals surface area contributed by atoms with Crippen LogP contribution in [0.5, 0.6) is 0 Å². The zero-order valence-corrected chi connectivity index (χ0v) is 39.8. The number of amides is 3. The molecule has 8 N–H and O–H groups in total. The van der Waals surface area contributed by atoms with Crippen LogP contribution < -0.4 is 33.3 Å². The van der Waals surface area contributed by atoms with E-state index in [1.54, 1.807) is 0 Å². The van der Waals surface area contributed by atoms with E-state index >= 15 is 0 Å². The smallest absolute Gasteiger partial charge is 0.330 e. The lowest BCUT2D eigenvalue weighted by molar-refractivity contribution is -0.244. The molecular formula is C45H72N6O18. The number of nitrogens with zero attached hydrogens (tertiary/aromatic N) is 1. The van der Waals surface area contributed by atoms with Crippen LogP contribution in [0.25, 0.3) is 0 Å². The van der Waals surface area contributed by atoms with Gasteiger partial charge < -0.3 is 74.6 Å². The first-order valence-electron chi connectivity index (χ1n) is 23.8. The van der Waals surface area contributed by atoms with E-state index in [1.807, 2.05) is 6.92 Å². The molecule has 4 rings (SSSR count). The lowest BCUT2D eigenvalue weighted by Crippen LogP contribution is -2.55. The van der Waals surface area contributed by atoms with Crippen LogP contribution in [0, 0.1) is 0 Å². The standard InChI is InChI=1S/C45H72N6O18/c1-4-5-6-7-8-9-10-14-33(53)67-39-36(60-3)37(68-43(39)51-18-15-32(52)50-45(51)59)38(40(47)56)69-44-35(55)30(27-31(66-44)42(58)49-29-13-11-12-28(2)48-41(29)57)65-34(54)16-19-61-21-23-63-25-26-64-24-22-62-20-17-46/h15,18,27-30,35-39,43-44,55H,4-14,16-17,19-26,46H2,1-3H3,(H2,47,56)(H,48,57)(H,49,58)(H,50,52,59)/t28-,29+,30+,35+,36-,37+,38-,39-,43-,44?/m1/s1. The highest BCUT2D eigenvalue weighted by molar-refractivity contribution is 5.96. The van der Waals surface area contributed by atoms with Crippen molar-refractivity contribution in [1.29, 1.82) is 0 Å². The van der Waals surface area contributed by atoms with Crippen molar-refractivity contribution in [2.24, 2.45) is 11.5 Å². The minimum atomic E-state index is -1.99. The normalized spacial score (nSPS) is 25.1. The van der Waals surface area contributed by atoms with Crippen LogP contribution >= 0.6 is 0 Å². The van der Waals surface area contributed by atoms with Crippen molar-refractivity contribution in [3.05, 3.63) is 44.9 Å². The predicted molar refractivity (Wildman–Crippen MR) is 242 cm³/mol. The fraction of sp³-hybridized carbons (Fsp3) is 0.756. The largest absolute Gasteiger partial charge is 0.456 e. The van der Waals surface area contributed by atoms with Gasteiger partial charge in [-0.15, -0.1) is 0 Å². The van der Waals surface area contributed by atoms with Gasteiger partial charge in [-0.1, -0.05) is 45.4 Å². The summed E-state index contributed by atoms with van der Waals surface area (Å²) < 4.78 is 57.7. The molecule has 1 aromatic rings. The van der Waals surface area contributed by atoms with Crippen molar-refractivity contribution in [2.45, 2.75) is 152 Å². The molecule has 1 unspecified atom stereocenters. The molecule has 24 heteroatoms. The third kappa shape index (κ3) is 18.8. The Hall–Kier alpha value is -4.79. The van der Waals surface area contributed by atoms with Crippen LogP contribution in [0.4, 0.5) is 0 Å². The number of carbonyl (C=O) groups is 5. The number of aliphatic hydroxyl groups excluding tert-OH is 1. The van der Waals surface area contributed by atoms with Gasteiger partial charge >= 0.3 is 17.6 Å². The third-order valence-electron chi connectivity index (χ3n) is 11.4. The van der Waals surface area contributed by atoms with Crippen LogP contribution in [0.3, 0.4) is 0 Å². The molecule has 0 saturated carbocycles. The van der Waals surface area contributed by atoms with E-state index in [0.717, 1.165) is 61.4 Å². The van der Waals surface area contributed by atoms with Gasteiger partial charge in [-0.25, -0.2) is 4.79 Å².